The Balaban J connectivity index is 2.34. The number of hydrogen-bond donors (Lipinski definition) is 1. The molecule has 1 N–H and O–H groups in total. The summed E-state index contributed by atoms with van der Waals surface area (Å²) < 4.78 is 0. The molecule has 0 radical (unpaired) electrons. The Hall–Kier alpha value is -0.710. The van der Waals surface area contributed by atoms with Crippen molar-refractivity contribution >= 4 is 41.7 Å². The zero-order valence-electron chi connectivity index (χ0n) is 9.29. The molecule has 0 aromatic heterocycles. The van der Waals surface area contributed by atoms with E-state index in [1.807, 2.05) is 30.1 Å². The maximum absolute atomic E-state index is 11.6. The van der Waals surface area contributed by atoms with E-state index >= 15 is 0 Å². The highest BCUT2D eigenvalue weighted by atomic mass is 127. The van der Waals surface area contributed by atoms with Gasteiger partial charge < -0.3 is 5.32 Å². The molecule has 0 saturated heterocycles. The number of likely N-dealkylation sites (N-methyl/N-ethyl adjacent to an activating group) is 1. The molecule has 88 valence electrons. The van der Waals surface area contributed by atoms with Crippen molar-refractivity contribution in [3.8, 4) is 11.2 Å². The van der Waals surface area contributed by atoms with Crippen LogP contribution in [-0.4, -0.2) is 24.4 Å². The predicted octanol–water partition coefficient (Wildman–Crippen LogP) is 2.46. The highest BCUT2D eigenvalue weighted by molar-refractivity contribution is 14.2. The second-order valence-corrected chi connectivity index (χ2v) is 5.58. The lowest BCUT2D eigenvalue weighted by Crippen LogP contribution is -2.26. The third kappa shape index (κ3) is 3.37. The van der Waals surface area contributed by atoms with Crippen LogP contribution in [0.5, 0.6) is 0 Å². The molecule has 0 fully saturated rings. The molecule has 0 bridgehead atoms. The van der Waals surface area contributed by atoms with Crippen LogP contribution in [0.3, 0.4) is 0 Å². The first-order chi connectivity index (χ1) is 8.19. The monoisotopic (exact) mass is 358 g/mol. The van der Waals surface area contributed by atoms with Gasteiger partial charge in [-0.15, -0.1) is 0 Å². The first-order valence-electron chi connectivity index (χ1n) is 5.09. The van der Waals surface area contributed by atoms with Crippen molar-refractivity contribution in [1.29, 1.82) is 0 Å². The van der Waals surface area contributed by atoms with E-state index in [1.165, 1.54) is 8.93 Å². The molecule has 3 nitrogen and oxygen atoms in total. The Morgan fingerprint density at radius 3 is 3.06 bits per heavy atom. The molecule has 0 spiro atoms. The van der Waals surface area contributed by atoms with Gasteiger partial charge in [0.05, 0.1) is 6.54 Å². The number of carbonyl (C=O) groups is 1. The van der Waals surface area contributed by atoms with Crippen LogP contribution < -0.4 is 5.32 Å². The number of amides is 1. The van der Waals surface area contributed by atoms with Gasteiger partial charge in [-0.1, -0.05) is 12.0 Å². The minimum atomic E-state index is 0.0274. The van der Waals surface area contributed by atoms with Gasteiger partial charge in [-0.25, -0.2) is 0 Å². The highest BCUT2D eigenvalue weighted by Gasteiger charge is 2.16. The topological polar surface area (TPSA) is 32.3 Å². The molecule has 1 aliphatic rings. The van der Waals surface area contributed by atoms with Crippen LogP contribution >= 0.6 is 30.1 Å². The largest absolute Gasteiger partial charge is 0.325 e. The van der Waals surface area contributed by atoms with Gasteiger partial charge in [-0.2, -0.15) is 0 Å². The molecule has 1 amide bonds. The minimum absolute atomic E-state index is 0.0274. The fraction of sp³-hybridized carbons (Fsp3) is 0.250. The minimum Gasteiger partial charge on any atom is -0.325 e. The summed E-state index contributed by atoms with van der Waals surface area (Å²) in [4.78, 5) is 13.6. The van der Waals surface area contributed by atoms with Gasteiger partial charge in [0.25, 0.3) is 0 Å². The zero-order chi connectivity index (χ0) is 12.3. The summed E-state index contributed by atoms with van der Waals surface area (Å²) in [5.41, 5.74) is 2.94. The molecular weight excluding hydrogens is 347 g/mol. The van der Waals surface area contributed by atoms with Gasteiger partial charge in [0.1, 0.15) is 0 Å². The standard InChI is InChI=1S/C12H11IN2OS/c1-15-7-10-3-2-9(4-5-17-13)6-11(10)14-12(16)8-15/h2-3,6H,7-8H2,1H3,(H,14,16). The quantitative estimate of drug-likeness (QED) is 0.571. The van der Waals surface area contributed by atoms with Crippen LogP contribution in [0.15, 0.2) is 18.2 Å². The van der Waals surface area contributed by atoms with E-state index in [2.05, 4.69) is 37.7 Å². The summed E-state index contributed by atoms with van der Waals surface area (Å²) in [5.74, 6) is 3.06. The van der Waals surface area contributed by atoms with Crippen LogP contribution in [0.2, 0.25) is 0 Å². The number of halogens is 1. The van der Waals surface area contributed by atoms with Gasteiger partial charge in [0.15, 0.2) is 0 Å². The second-order valence-electron chi connectivity index (χ2n) is 3.90. The molecule has 1 aromatic carbocycles. The zero-order valence-corrected chi connectivity index (χ0v) is 12.3. The summed E-state index contributed by atoms with van der Waals surface area (Å²) in [5, 5.41) is 5.85. The van der Waals surface area contributed by atoms with E-state index in [-0.39, 0.29) is 5.91 Å². The first kappa shape index (κ1) is 12.7. The lowest BCUT2D eigenvalue weighted by molar-refractivity contribution is -0.116. The molecule has 1 aliphatic heterocycles. The van der Waals surface area contributed by atoms with Gasteiger partial charge in [0.2, 0.25) is 5.91 Å². The average molecular weight is 358 g/mol. The first-order valence-corrected chi connectivity index (χ1v) is 8.45. The van der Waals surface area contributed by atoms with Gasteiger partial charge in [-0.05, 0) is 38.9 Å². The number of anilines is 1. The summed E-state index contributed by atoms with van der Waals surface area (Å²) in [6.45, 7) is 1.21. The van der Waals surface area contributed by atoms with Crippen molar-refractivity contribution in [1.82, 2.24) is 4.90 Å². The van der Waals surface area contributed by atoms with Crippen LogP contribution in [-0.2, 0) is 11.3 Å². The van der Waals surface area contributed by atoms with Gasteiger partial charge in [0, 0.05) is 39.0 Å². The highest BCUT2D eigenvalue weighted by Crippen LogP contribution is 2.21. The van der Waals surface area contributed by atoms with E-state index in [0.29, 0.717) is 6.54 Å². The molecule has 0 saturated carbocycles. The average Bonchev–Trinajstić information content (AvgIpc) is 2.42. The molecule has 2 rings (SSSR count). The molecule has 5 heteroatoms. The summed E-state index contributed by atoms with van der Waals surface area (Å²) in [6.07, 6.45) is 0. The molecule has 1 heterocycles. The third-order valence-electron chi connectivity index (χ3n) is 2.47. The SMILES string of the molecule is CN1CC(=O)Nc2cc(C#CSI)ccc2C1. The Bertz CT molecular complexity index is 507. The fourth-order valence-corrected chi connectivity index (χ4v) is 2.25. The van der Waals surface area contributed by atoms with Crippen molar-refractivity contribution < 1.29 is 4.79 Å². The molecule has 1 aromatic rings. The number of benzene rings is 1. The summed E-state index contributed by atoms with van der Waals surface area (Å²) in [6, 6.07) is 5.95. The number of carbonyl (C=O) groups excluding carboxylic acids is 1. The number of rotatable bonds is 0. The number of nitrogens with one attached hydrogen (secondary N) is 1. The smallest absolute Gasteiger partial charge is 0.238 e. The van der Waals surface area contributed by atoms with Crippen molar-refractivity contribution in [2.75, 3.05) is 18.9 Å². The third-order valence-corrected chi connectivity index (χ3v) is 3.31. The molecule has 0 atom stereocenters. The van der Waals surface area contributed by atoms with Crippen molar-refractivity contribution in [3.63, 3.8) is 0 Å². The van der Waals surface area contributed by atoms with Crippen LogP contribution in [0.1, 0.15) is 11.1 Å². The van der Waals surface area contributed by atoms with E-state index in [4.69, 9.17) is 0 Å². The van der Waals surface area contributed by atoms with E-state index in [0.717, 1.165) is 23.4 Å². The molecular formula is C12H11IN2OS. The number of hydrogen-bond acceptors (Lipinski definition) is 3. The van der Waals surface area contributed by atoms with E-state index in [1.54, 1.807) is 0 Å². The lowest BCUT2D eigenvalue weighted by Gasteiger charge is -2.11. The summed E-state index contributed by atoms with van der Waals surface area (Å²) >= 11 is 2.14. The van der Waals surface area contributed by atoms with Gasteiger partial charge in [-0.3, -0.25) is 9.69 Å². The normalized spacial score (nSPS) is 15.3. The van der Waals surface area contributed by atoms with Crippen LogP contribution in [0.25, 0.3) is 0 Å². The lowest BCUT2D eigenvalue weighted by atomic mass is 10.1. The Kier molecular flexibility index (Phi) is 4.31. The fourth-order valence-electron chi connectivity index (χ4n) is 1.77. The van der Waals surface area contributed by atoms with Crippen molar-refractivity contribution in [2.45, 2.75) is 6.54 Å². The second kappa shape index (κ2) is 5.76. The molecule has 0 aliphatic carbocycles. The van der Waals surface area contributed by atoms with Crippen molar-refractivity contribution in [2.24, 2.45) is 0 Å². The number of nitrogens with zero attached hydrogens (tertiary/aromatic N) is 1. The molecule has 17 heavy (non-hydrogen) atoms. The Labute approximate surface area is 117 Å². The Morgan fingerprint density at radius 2 is 2.29 bits per heavy atom. The van der Waals surface area contributed by atoms with Crippen LogP contribution in [0, 0.1) is 11.2 Å². The van der Waals surface area contributed by atoms with E-state index in [9.17, 15) is 4.79 Å². The maximum Gasteiger partial charge on any atom is 0.238 e. The summed E-state index contributed by atoms with van der Waals surface area (Å²) in [7, 11) is 3.39. The Morgan fingerprint density at radius 1 is 1.47 bits per heavy atom. The van der Waals surface area contributed by atoms with Crippen LogP contribution in [0.4, 0.5) is 5.69 Å². The van der Waals surface area contributed by atoms with E-state index < -0.39 is 0 Å². The number of fused-ring (bicyclic) bond motifs is 1. The molecule has 0 unspecified atom stereocenters. The predicted molar refractivity (Wildman–Crippen MR) is 79.9 cm³/mol. The van der Waals surface area contributed by atoms with Crippen molar-refractivity contribution in [3.05, 3.63) is 29.3 Å². The maximum atomic E-state index is 11.6. The van der Waals surface area contributed by atoms with Gasteiger partial charge >= 0.3 is 0 Å².